The highest BCUT2D eigenvalue weighted by atomic mass is 19.4. The number of nitrogens with zero attached hydrogens (tertiary/aromatic N) is 2. The molecule has 4 N–H and O–H groups in total. The van der Waals surface area contributed by atoms with E-state index >= 15 is 0 Å². The van der Waals surface area contributed by atoms with Crippen molar-refractivity contribution in [3.63, 3.8) is 0 Å². The Hall–Kier alpha value is -3.64. The molecule has 0 aromatic heterocycles. The third kappa shape index (κ3) is 8.19. The average Bonchev–Trinajstić information content (AvgIpc) is 2.89. The van der Waals surface area contributed by atoms with Crippen molar-refractivity contribution in [3.05, 3.63) is 29.3 Å². The minimum Gasteiger partial charge on any atom is -0.386 e. The summed E-state index contributed by atoms with van der Waals surface area (Å²) < 4.78 is 41.1. The lowest BCUT2D eigenvalue weighted by Crippen LogP contribution is -2.46. The van der Waals surface area contributed by atoms with Crippen molar-refractivity contribution in [2.75, 3.05) is 18.0 Å². The molecule has 1 aromatic rings. The summed E-state index contributed by atoms with van der Waals surface area (Å²) in [4.78, 5) is 52.0. The van der Waals surface area contributed by atoms with Gasteiger partial charge in [-0.1, -0.05) is 12.5 Å². The Morgan fingerprint density at radius 1 is 1.16 bits per heavy atom. The van der Waals surface area contributed by atoms with Crippen LogP contribution in [-0.2, 0) is 25.5 Å². The maximum Gasteiger partial charge on any atom is 0.491 e. The molecule has 204 valence electrons. The van der Waals surface area contributed by atoms with Crippen LogP contribution in [0.15, 0.2) is 18.2 Å². The number of esters is 2. The number of unbranched alkanes of at least 4 members (excludes halogenated alkanes) is 2. The molecule has 37 heavy (non-hydrogen) atoms. The molecule has 0 saturated carbocycles. The summed E-state index contributed by atoms with van der Waals surface area (Å²) in [5.74, 6) is -5.15. The quantitative estimate of drug-likeness (QED) is 0.139. The van der Waals surface area contributed by atoms with Crippen LogP contribution in [-0.4, -0.2) is 66.0 Å². The first-order chi connectivity index (χ1) is 17.2. The summed E-state index contributed by atoms with van der Waals surface area (Å²) in [7, 11) is 0. The van der Waals surface area contributed by atoms with Crippen LogP contribution in [0.4, 0.5) is 18.9 Å². The van der Waals surface area contributed by atoms with Crippen LogP contribution in [0.25, 0.3) is 0 Å². The smallest absolute Gasteiger partial charge is 0.386 e. The third-order valence-electron chi connectivity index (χ3n) is 5.79. The van der Waals surface area contributed by atoms with E-state index in [1.165, 1.54) is 11.8 Å². The number of carbonyl (C=O) groups excluding carboxylic acids is 4. The van der Waals surface area contributed by atoms with Crippen LogP contribution in [0.3, 0.4) is 0 Å². The molecule has 1 heterocycles. The van der Waals surface area contributed by atoms with Gasteiger partial charge in [0.15, 0.2) is 5.96 Å². The molecule has 1 unspecified atom stereocenters. The van der Waals surface area contributed by atoms with Gasteiger partial charge in [0.05, 0.1) is 17.7 Å². The lowest BCUT2D eigenvalue weighted by atomic mass is 10.0. The lowest BCUT2D eigenvalue weighted by Gasteiger charge is -2.28. The number of ether oxygens (including phenoxy) is 1. The zero-order valence-electron chi connectivity index (χ0n) is 21.0. The molecule has 2 rings (SSSR count). The number of nitrogens with two attached hydrogens (primary N) is 1. The number of alkyl halides is 3. The van der Waals surface area contributed by atoms with Gasteiger partial charge in [-0.2, -0.15) is 13.2 Å². The zero-order chi connectivity index (χ0) is 27.9. The maximum absolute atomic E-state index is 13.5. The fourth-order valence-corrected chi connectivity index (χ4v) is 4.03. The Labute approximate surface area is 212 Å². The number of nitrogens with one attached hydrogen (secondary N) is 2. The van der Waals surface area contributed by atoms with E-state index in [4.69, 9.17) is 11.1 Å². The van der Waals surface area contributed by atoms with E-state index in [0.717, 1.165) is 29.7 Å². The molecule has 0 radical (unpaired) electrons. The molecule has 10 nitrogen and oxygen atoms in total. The van der Waals surface area contributed by atoms with Gasteiger partial charge in [-0.3, -0.25) is 19.8 Å². The summed E-state index contributed by atoms with van der Waals surface area (Å²) in [5, 5.41) is 9.88. The number of anilines is 1. The molecule has 1 atom stereocenters. The van der Waals surface area contributed by atoms with Gasteiger partial charge in [0, 0.05) is 18.6 Å². The number of benzene rings is 1. The summed E-state index contributed by atoms with van der Waals surface area (Å²) >= 11 is 0. The molecular formula is C24H32F3N5O5. The van der Waals surface area contributed by atoms with Gasteiger partial charge in [0.25, 0.3) is 5.91 Å². The van der Waals surface area contributed by atoms with Crippen LogP contribution in [0.1, 0.15) is 62.4 Å². The van der Waals surface area contributed by atoms with Gasteiger partial charge in [-0.25, -0.2) is 4.79 Å². The van der Waals surface area contributed by atoms with Crippen molar-refractivity contribution in [3.8, 4) is 0 Å². The van der Waals surface area contributed by atoms with E-state index in [9.17, 15) is 32.3 Å². The predicted octanol–water partition coefficient (Wildman–Crippen LogP) is 2.49. The third-order valence-corrected chi connectivity index (χ3v) is 5.79. The van der Waals surface area contributed by atoms with Crippen LogP contribution < -0.4 is 16.0 Å². The summed E-state index contributed by atoms with van der Waals surface area (Å²) in [6.07, 6.45) is -2.92. The number of fused-ring (bicyclic) bond motifs is 1. The number of halogens is 3. The highest BCUT2D eigenvalue weighted by Crippen LogP contribution is 2.30. The second-order valence-corrected chi connectivity index (χ2v) is 9.11. The average molecular weight is 528 g/mol. The Bertz CT molecular complexity index is 1040. The summed E-state index contributed by atoms with van der Waals surface area (Å²) in [6, 6.07) is 3.92. The van der Waals surface area contributed by atoms with Gasteiger partial charge >= 0.3 is 18.1 Å². The van der Waals surface area contributed by atoms with Crippen LogP contribution in [0.5, 0.6) is 0 Å². The van der Waals surface area contributed by atoms with Crippen LogP contribution >= 0.6 is 0 Å². The molecule has 1 aliphatic heterocycles. The van der Waals surface area contributed by atoms with E-state index in [1.54, 1.807) is 26.0 Å². The standard InChI is InChI=1S/C24H32F3N5O5/c1-14(2)32-18-9-8-16(7-5-4-6-10-30-23(28)29)12-17(18)21(35)31(13-19(32)33)15(3)11-20(34)37-22(36)24(25,26)27/h8-9,12,14-15H,4-7,10-11,13H2,1-3H3,(H4,28,29,30). The molecule has 2 amide bonds. The second kappa shape index (κ2) is 12.5. The minimum absolute atomic E-state index is 0.0903. The van der Waals surface area contributed by atoms with Gasteiger partial charge in [0.1, 0.15) is 6.54 Å². The number of guanidine groups is 1. The Morgan fingerprint density at radius 3 is 2.43 bits per heavy atom. The highest BCUT2D eigenvalue weighted by molar-refractivity contribution is 6.10. The predicted molar refractivity (Wildman–Crippen MR) is 129 cm³/mol. The normalized spacial score (nSPS) is 14.8. The van der Waals surface area contributed by atoms with E-state index in [0.29, 0.717) is 18.7 Å². The largest absolute Gasteiger partial charge is 0.491 e. The molecule has 0 spiro atoms. The highest BCUT2D eigenvalue weighted by Gasteiger charge is 2.43. The van der Waals surface area contributed by atoms with Crippen molar-refractivity contribution in [1.82, 2.24) is 10.2 Å². The number of aryl methyl sites for hydroxylation is 1. The van der Waals surface area contributed by atoms with E-state index in [-0.39, 0.29) is 17.6 Å². The second-order valence-electron chi connectivity index (χ2n) is 9.11. The summed E-state index contributed by atoms with van der Waals surface area (Å²) in [6.45, 7) is 5.15. The van der Waals surface area contributed by atoms with E-state index < -0.39 is 48.9 Å². The minimum atomic E-state index is -5.33. The first-order valence-corrected chi connectivity index (χ1v) is 11.9. The zero-order valence-corrected chi connectivity index (χ0v) is 21.0. The van der Waals surface area contributed by atoms with E-state index in [2.05, 4.69) is 10.1 Å². The van der Waals surface area contributed by atoms with Crippen LogP contribution in [0.2, 0.25) is 0 Å². The van der Waals surface area contributed by atoms with Crippen molar-refractivity contribution in [2.24, 2.45) is 5.73 Å². The monoisotopic (exact) mass is 527 g/mol. The molecule has 13 heteroatoms. The van der Waals surface area contributed by atoms with E-state index in [1.807, 2.05) is 6.07 Å². The topological polar surface area (TPSA) is 146 Å². The number of amides is 2. The first kappa shape index (κ1) is 29.6. The molecule has 0 fully saturated rings. The Morgan fingerprint density at radius 2 is 1.84 bits per heavy atom. The SMILES string of the molecule is CC(CC(=O)OC(=O)C(F)(F)F)N1CC(=O)N(C(C)C)c2ccc(CCCCCNC(=N)N)cc2C1=O. The molecular weight excluding hydrogens is 495 g/mol. The molecule has 0 bridgehead atoms. The van der Waals surface area contributed by atoms with Crippen LogP contribution in [0, 0.1) is 5.41 Å². The maximum atomic E-state index is 13.5. The molecule has 0 aliphatic carbocycles. The van der Waals surface area contributed by atoms with Gasteiger partial charge in [-0.15, -0.1) is 0 Å². The van der Waals surface area contributed by atoms with Crippen molar-refractivity contribution in [1.29, 1.82) is 5.41 Å². The molecule has 1 aliphatic rings. The summed E-state index contributed by atoms with van der Waals surface area (Å²) in [5.41, 5.74) is 6.75. The Balaban J connectivity index is 2.21. The number of rotatable bonds is 10. The number of carbonyl (C=O) groups is 4. The fourth-order valence-electron chi connectivity index (χ4n) is 4.03. The first-order valence-electron chi connectivity index (χ1n) is 11.9. The van der Waals surface area contributed by atoms with Gasteiger partial charge in [-0.05, 0) is 57.7 Å². The fraction of sp³-hybridized carbons (Fsp3) is 0.542. The lowest BCUT2D eigenvalue weighted by molar-refractivity contribution is -0.202. The Kier molecular flexibility index (Phi) is 10.0. The number of hydrogen-bond donors (Lipinski definition) is 3. The van der Waals surface area contributed by atoms with Crippen molar-refractivity contribution < 1.29 is 37.1 Å². The number of hydrogen-bond acceptors (Lipinski definition) is 6. The molecule has 1 aromatic carbocycles. The van der Waals surface area contributed by atoms with Crippen molar-refractivity contribution >= 4 is 35.4 Å². The van der Waals surface area contributed by atoms with Crippen molar-refractivity contribution in [2.45, 2.75) is 71.1 Å². The molecule has 0 saturated heterocycles. The van der Waals surface area contributed by atoms with Gasteiger partial charge in [0.2, 0.25) is 5.91 Å². The van der Waals surface area contributed by atoms with Gasteiger partial charge < -0.3 is 25.6 Å².